The first kappa shape index (κ1) is 15.0. The van der Waals surface area contributed by atoms with Crippen LogP contribution in [-0.2, 0) is 0 Å². The lowest BCUT2D eigenvalue weighted by Gasteiger charge is -2.44. The molecule has 0 aromatic carbocycles. The van der Waals surface area contributed by atoms with E-state index in [4.69, 9.17) is 0 Å². The summed E-state index contributed by atoms with van der Waals surface area (Å²) >= 11 is 0. The van der Waals surface area contributed by atoms with Crippen LogP contribution in [-0.4, -0.2) is 45.9 Å². The number of likely N-dealkylation sites (tertiary alicyclic amines) is 1. The Hall–Kier alpha value is -0.380. The van der Waals surface area contributed by atoms with Crippen molar-refractivity contribution in [3.8, 4) is 0 Å². The molecule has 0 aromatic heterocycles. The third-order valence-corrected chi connectivity index (χ3v) is 5.19. The molecule has 2 aliphatic rings. The highest BCUT2D eigenvalue weighted by atomic mass is 16.3. The summed E-state index contributed by atoms with van der Waals surface area (Å²) in [4.78, 5) is 2.29. The second-order valence-corrected chi connectivity index (χ2v) is 6.88. The molecule has 0 bridgehead atoms. The maximum absolute atomic E-state index is 10.8. The molecule has 0 amide bonds. The monoisotopic (exact) mass is 267 g/mol. The van der Waals surface area contributed by atoms with Crippen LogP contribution >= 0.6 is 0 Å². The summed E-state index contributed by atoms with van der Waals surface area (Å²) in [5, 5.41) is 21.4. The number of aliphatic hydroxyl groups is 2. The first-order chi connectivity index (χ1) is 8.85. The molecule has 110 valence electrons. The lowest BCUT2D eigenvalue weighted by Crippen LogP contribution is -2.52. The van der Waals surface area contributed by atoms with Gasteiger partial charge in [-0.2, -0.15) is 0 Å². The maximum Gasteiger partial charge on any atom is 0.0881 e. The van der Waals surface area contributed by atoms with Crippen LogP contribution < -0.4 is 0 Å². The van der Waals surface area contributed by atoms with E-state index in [0.717, 1.165) is 38.6 Å². The molecule has 2 rings (SSSR count). The first-order valence-corrected chi connectivity index (χ1v) is 7.70. The van der Waals surface area contributed by atoms with Crippen LogP contribution in [0.5, 0.6) is 0 Å². The molecule has 1 heterocycles. The predicted molar refractivity (Wildman–Crippen MR) is 78.0 cm³/mol. The van der Waals surface area contributed by atoms with Crippen LogP contribution in [0.1, 0.15) is 52.4 Å². The van der Waals surface area contributed by atoms with E-state index < -0.39 is 11.2 Å². The highest BCUT2D eigenvalue weighted by molar-refractivity contribution is 5.13. The first-order valence-electron chi connectivity index (χ1n) is 7.70. The summed E-state index contributed by atoms with van der Waals surface area (Å²) in [6.45, 7) is 5.15. The number of hydrogen-bond donors (Lipinski definition) is 2. The van der Waals surface area contributed by atoms with Crippen LogP contribution in [0.3, 0.4) is 0 Å². The summed E-state index contributed by atoms with van der Waals surface area (Å²) in [6.07, 6.45) is 9.61. The Morgan fingerprint density at radius 1 is 1.05 bits per heavy atom. The molecule has 3 nitrogen and oxygen atoms in total. The summed E-state index contributed by atoms with van der Waals surface area (Å²) in [5.41, 5.74) is -1.45. The van der Waals surface area contributed by atoms with Gasteiger partial charge in [0.15, 0.2) is 0 Å². The Morgan fingerprint density at radius 3 is 2.32 bits per heavy atom. The maximum atomic E-state index is 10.8. The van der Waals surface area contributed by atoms with Crippen LogP contribution in [0.25, 0.3) is 0 Å². The number of hydrogen-bond acceptors (Lipinski definition) is 3. The standard InChI is InChI=1S/C16H29NO2/c1-13-12-17(3)14(2)11-16(13,19)10-9-15(18)7-5-4-6-8-15/h9-10,13-14,18-19H,4-8,11-12H2,1-3H3/b10-9+/t13-,14+,16-/m0/s1. The molecule has 2 N–H and O–H groups in total. The van der Waals surface area contributed by atoms with E-state index in [1.807, 2.05) is 12.2 Å². The zero-order valence-electron chi connectivity index (χ0n) is 12.6. The Bertz CT molecular complexity index is 336. The van der Waals surface area contributed by atoms with E-state index in [1.54, 1.807) is 0 Å². The fourth-order valence-electron chi connectivity index (χ4n) is 3.46. The minimum absolute atomic E-state index is 0.206. The zero-order chi connectivity index (χ0) is 14.1. The molecule has 1 aliphatic carbocycles. The average Bonchev–Trinajstić information content (AvgIpc) is 2.36. The molecule has 0 aromatic rings. The van der Waals surface area contributed by atoms with Crippen LogP contribution in [0.15, 0.2) is 12.2 Å². The van der Waals surface area contributed by atoms with Gasteiger partial charge >= 0.3 is 0 Å². The van der Waals surface area contributed by atoms with E-state index in [0.29, 0.717) is 6.04 Å². The summed E-state index contributed by atoms with van der Waals surface area (Å²) < 4.78 is 0. The molecular weight excluding hydrogens is 238 g/mol. The van der Waals surface area contributed by atoms with Crippen molar-refractivity contribution in [3.05, 3.63) is 12.2 Å². The molecular formula is C16H29NO2. The molecule has 1 saturated carbocycles. The Balaban J connectivity index is 2.07. The molecule has 1 saturated heterocycles. The Labute approximate surface area is 117 Å². The topological polar surface area (TPSA) is 43.7 Å². The number of nitrogens with zero attached hydrogens (tertiary/aromatic N) is 1. The summed E-state index contributed by atoms with van der Waals surface area (Å²) in [7, 11) is 2.11. The SMILES string of the molecule is C[C@@H]1C[C@@](O)(/C=C/C2(O)CCCCC2)[C@@H](C)CN1C. The highest BCUT2D eigenvalue weighted by Crippen LogP contribution is 2.35. The van der Waals surface area contributed by atoms with Gasteiger partial charge in [0.2, 0.25) is 0 Å². The smallest absolute Gasteiger partial charge is 0.0881 e. The summed E-state index contributed by atoms with van der Waals surface area (Å²) in [6, 6.07) is 0.381. The van der Waals surface area contributed by atoms with Crippen molar-refractivity contribution in [3.63, 3.8) is 0 Å². The van der Waals surface area contributed by atoms with Crippen LogP contribution in [0.2, 0.25) is 0 Å². The van der Waals surface area contributed by atoms with Gasteiger partial charge in [0, 0.05) is 18.5 Å². The van der Waals surface area contributed by atoms with Crippen molar-refractivity contribution >= 4 is 0 Å². The fourth-order valence-corrected chi connectivity index (χ4v) is 3.46. The molecule has 0 spiro atoms. The van der Waals surface area contributed by atoms with Crippen LogP contribution in [0, 0.1) is 5.92 Å². The Morgan fingerprint density at radius 2 is 1.68 bits per heavy atom. The van der Waals surface area contributed by atoms with Gasteiger partial charge in [0.1, 0.15) is 0 Å². The number of piperidine rings is 1. The zero-order valence-corrected chi connectivity index (χ0v) is 12.6. The van der Waals surface area contributed by atoms with Gasteiger partial charge in [-0.3, -0.25) is 0 Å². The van der Waals surface area contributed by atoms with Crippen molar-refractivity contribution < 1.29 is 10.2 Å². The van der Waals surface area contributed by atoms with Crippen molar-refractivity contribution in [1.29, 1.82) is 0 Å². The van der Waals surface area contributed by atoms with E-state index >= 15 is 0 Å². The minimum atomic E-state index is -0.765. The van der Waals surface area contributed by atoms with Crippen molar-refractivity contribution in [2.45, 2.75) is 69.6 Å². The molecule has 1 aliphatic heterocycles. The molecule has 19 heavy (non-hydrogen) atoms. The third-order valence-electron chi connectivity index (χ3n) is 5.19. The van der Waals surface area contributed by atoms with E-state index in [1.165, 1.54) is 6.42 Å². The fraction of sp³-hybridized carbons (Fsp3) is 0.875. The minimum Gasteiger partial charge on any atom is -0.386 e. The van der Waals surface area contributed by atoms with Gasteiger partial charge in [-0.25, -0.2) is 0 Å². The normalized spacial score (nSPS) is 40.7. The number of rotatable bonds is 2. The van der Waals surface area contributed by atoms with Gasteiger partial charge in [0.25, 0.3) is 0 Å². The highest BCUT2D eigenvalue weighted by Gasteiger charge is 2.40. The molecule has 3 heteroatoms. The van der Waals surface area contributed by atoms with Crippen molar-refractivity contribution in [2.24, 2.45) is 5.92 Å². The third kappa shape index (κ3) is 3.39. The average molecular weight is 267 g/mol. The molecule has 0 radical (unpaired) electrons. The summed E-state index contributed by atoms with van der Waals surface area (Å²) in [5.74, 6) is 0.206. The molecule has 2 fully saturated rings. The quantitative estimate of drug-likeness (QED) is 0.755. The lowest BCUT2D eigenvalue weighted by atomic mass is 9.77. The largest absolute Gasteiger partial charge is 0.386 e. The van der Waals surface area contributed by atoms with E-state index in [-0.39, 0.29) is 5.92 Å². The van der Waals surface area contributed by atoms with Gasteiger partial charge in [0.05, 0.1) is 11.2 Å². The van der Waals surface area contributed by atoms with E-state index in [2.05, 4.69) is 25.8 Å². The molecule has 3 atom stereocenters. The van der Waals surface area contributed by atoms with Gasteiger partial charge < -0.3 is 15.1 Å². The second kappa shape index (κ2) is 5.55. The van der Waals surface area contributed by atoms with Crippen molar-refractivity contribution in [1.82, 2.24) is 4.90 Å². The van der Waals surface area contributed by atoms with Gasteiger partial charge in [-0.05, 0) is 33.2 Å². The predicted octanol–water partition coefficient (Wildman–Crippen LogP) is 2.33. The lowest BCUT2D eigenvalue weighted by molar-refractivity contribution is -0.0441. The van der Waals surface area contributed by atoms with Crippen molar-refractivity contribution in [2.75, 3.05) is 13.6 Å². The van der Waals surface area contributed by atoms with Gasteiger partial charge in [-0.1, -0.05) is 38.3 Å². The Kier molecular flexibility index (Phi) is 4.38. The molecule has 0 unspecified atom stereocenters. The van der Waals surface area contributed by atoms with Gasteiger partial charge in [-0.15, -0.1) is 0 Å². The second-order valence-electron chi connectivity index (χ2n) is 6.88. The van der Waals surface area contributed by atoms with Crippen LogP contribution in [0.4, 0.5) is 0 Å². The van der Waals surface area contributed by atoms with E-state index in [9.17, 15) is 10.2 Å².